The molecule has 0 saturated heterocycles. The van der Waals surface area contributed by atoms with Crippen molar-refractivity contribution in [3.05, 3.63) is 11.6 Å². The fourth-order valence-corrected chi connectivity index (χ4v) is 2.57. The van der Waals surface area contributed by atoms with Gasteiger partial charge in [0.25, 0.3) is 0 Å². The largest absolute Gasteiger partial charge is 0.433 e. The molecule has 1 N–H and O–H groups in total. The highest BCUT2D eigenvalue weighted by Gasteiger charge is 2.12. The molecule has 4 nitrogen and oxygen atoms in total. The van der Waals surface area contributed by atoms with Gasteiger partial charge in [0.2, 0.25) is 0 Å². The Morgan fingerprint density at radius 2 is 1.46 bits per heavy atom. The fraction of sp³-hybridized carbons (Fsp3) is 0.850. The Morgan fingerprint density at radius 1 is 0.958 bits per heavy atom. The summed E-state index contributed by atoms with van der Waals surface area (Å²) in [6, 6.07) is 0. The fourth-order valence-electron chi connectivity index (χ4n) is 2.57. The first-order valence-corrected chi connectivity index (χ1v) is 9.69. The van der Waals surface area contributed by atoms with Gasteiger partial charge in [-0.2, -0.15) is 0 Å². The third-order valence-corrected chi connectivity index (χ3v) is 4.24. The zero-order valence-corrected chi connectivity index (χ0v) is 16.0. The van der Waals surface area contributed by atoms with Crippen LogP contribution in [0, 0.1) is 0 Å². The van der Waals surface area contributed by atoms with E-state index in [-0.39, 0.29) is 6.61 Å². The lowest BCUT2D eigenvalue weighted by molar-refractivity contribution is -0.165. The van der Waals surface area contributed by atoms with Gasteiger partial charge in [-0.3, -0.25) is 0 Å². The minimum atomic E-state index is -0.588. The molecule has 0 unspecified atom stereocenters. The maximum Gasteiger partial charge on any atom is 0.338 e. The third-order valence-electron chi connectivity index (χ3n) is 4.24. The van der Waals surface area contributed by atoms with Crippen molar-refractivity contribution in [2.24, 2.45) is 0 Å². The van der Waals surface area contributed by atoms with Crippen molar-refractivity contribution in [3.8, 4) is 0 Å². The lowest BCUT2D eigenvalue weighted by atomic mass is 10.0. The van der Waals surface area contributed by atoms with E-state index in [0.717, 1.165) is 12.8 Å². The van der Waals surface area contributed by atoms with E-state index in [2.05, 4.69) is 6.92 Å². The van der Waals surface area contributed by atoms with Gasteiger partial charge in [-0.15, -0.1) is 0 Å². The number of unbranched alkanes of at least 4 members (excludes halogenated alkanes) is 11. The number of esters is 1. The van der Waals surface area contributed by atoms with Crippen molar-refractivity contribution >= 4 is 5.97 Å². The summed E-state index contributed by atoms with van der Waals surface area (Å²) in [5, 5.41) is 9.25. The second-order valence-corrected chi connectivity index (χ2v) is 6.42. The molecule has 0 aromatic heterocycles. The van der Waals surface area contributed by atoms with Gasteiger partial charge in [0.1, 0.15) is 0 Å². The summed E-state index contributed by atoms with van der Waals surface area (Å²) >= 11 is 0. The first-order chi connectivity index (χ1) is 11.7. The van der Waals surface area contributed by atoms with Crippen LogP contribution < -0.4 is 0 Å². The third kappa shape index (κ3) is 13.6. The summed E-state index contributed by atoms with van der Waals surface area (Å²) in [5.41, 5.74) is 0.325. The first kappa shape index (κ1) is 23.1. The molecule has 142 valence electrons. The number of hydrogen-bond donors (Lipinski definition) is 1. The smallest absolute Gasteiger partial charge is 0.338 e. The van der Waals surface area contributed by atoms with Gasteiger partial charge in [0.15, 0.2) is 6.29 Å². The molecule has 0 radical (unpaired) electrons. The predicted octanol–water partition coefficient (Wildman–Crippen LogP) is 5.14. The van der Waals surface area contributed by atoms with E-state index in [1.165, 1.54) is 71.3 Å². The zero-order valence-electron chi connectivity index (χ0n) is 16.0. The number of methoxy groups -OCH3 is 1. The Morgan fingerprint density at radius 3 is 1.92 bits per heavy atom. The number of carbonyl (C=O) groups is 1. The van der Waals surface area contributed by atoms with Crippen LogP contribution in [0.2, 0.25) is 0 Å². The number of ether oxygens (including phenoxy) is 2. The molecule has 0 aliphatic heterocycles. The van der Waals surface area contributed by atoms with Crippen LogP contribution in [0.25, 0.3) is 0 Å². The molecule has 0 rings (SSSR count). The minimum absolute atomic E-state index is 0.284. The zero-order chi connectivity index (χ0) is 18.0. The second kappa shape index (κ2) is 17.0. The van der Waals surface area contributed by atoms with Crippen LogP contribution in [0.3, 0.4) is 0 Å². The van der Waals surface area contributed by atoms with Crippen LogP contribution in [0.15, 0.2) is 11.6 Å². The molecule has 0 aromatic rings. The molecular formula is C20H38O4. The second-order valence-electron chi connectivity index (χ2n) is 6.42. The molecule has 0 amide bonds. The van der Waals surface area contributed by atoms with Gasteiger partial charge in [-0.05, 0) is 19.8 Å². The van der Waals surface area contributed by atoms with Crippen LogP contribution in [0.1, 0.15) is 90.9 Å². The van der Waals surface area contributed by atoms with Gasteiger partial charge < -0.3 is 14.6 Å². The molecule has 0 spiro atoms. The summed E-state index contributed by atoms with van der Waals surface area (Å²) in [4.78, 5) is 11.7. The molecule has 0 aromatic carbocycles. The molecule has 1 atom stereocenters. The standard InChI is InChI=1S/C20H38O4/c1-4-5-6-7-8-9-10-11-12-13-14-15-16-19(17-21)20(22)24-18(2)23-3/h16,18,21H,4-15,17H2,1-3H3/b19-16-/t18-/m0/s1. The van der Waals surface area contributed by atoms with E-state index in [1.807, 2.05) is 0 Å². The number of allylic oxidation sites excluding steroid dienone is 1. The van der Waals surface area contributed by atoms with Crippen LogP contribution >= 0.6 is 0 Å². The van der Waals surface area contributed by atoms with Crippen molar-refractivity contribution in [1.82, 2.24) is 0 Å². The maximum absolute atomic E-state index is 11.7. The van der Waals surface area contributed by atoms with Gasteiger partial charge in [0, 0.05) is 7.11 Å². The Hall–Kier alpha value is -0.870. The maximum atomic E-state index is 11.7. The highest BCUT2D eigenvalue weighted by atomic mass is 16.7. The van der Waals surface area contributed by atoms with Crippen LogP contribution in [-0.2, 0) is 14.3 Å². The Bertz CT molecular complexity index is 326. The molecule has 4 heteroatoms. The number of aliphatic hydroxyl groups excluding tert-OH is 1. The normalized spacial score (nSPS) is 13.1. The quantitative estimate of drug-likeness (QED) is 0.183. The van der Waals surface area contributed by atoms with E-state index in [4.69, 9.17) is 9.47 Å². The van der Waals surface area contributed by atoms with Crippen molar-refractivity contribution in [2.75, 3.05) is 13.7 Å². The minimum Gasteiger partial charge on any atom is -0.433 e. The molecule has 0 aliphatic carbocycles. The molecular weight excluding hydrogens is 304 g/mol. The average Bonchev–Trinajstić information content (AvgIpc) is 2.58. The van der Waals surface area contributed by atoms with E-state index >= 15 is 0 Å². The van der Waals surface area contributed by atoms with Gasteiger partial charge in [-0.1, -0.05) is 77.2 Å². The van der Waals surface area contributed by atoms with Crippen LogP contribution in [0.4, 0.5) is 0 Å². The molecule has 0 fully saturated rings. The highest BCUT2D eigenvalue weighted by Crippen LogP contribution is 2.12. The molecule has 0 heterocycles. The van der Waals surface area contributed by atoms with E-state index in [0.29, 0.717) is 5.57 Å². The van der Waals surface area contributed by atoms with E-state index in [9.17, 15) is 9.90 Å². The SMILES string of the molecule is CCCCCCCCCCCCC/C=C(/CO)C(=O)O[C@@H](C)OC. The van der Waals surface area contributed by atoms with Gasteiger partial charge in [-0.25, -0.2) is 4.79 Å². The molecule has 0 saturated carbocycles. The van der Waals surface area contributed by atoms with E-state index < -0.39 is 12.3 Å². The Balaban J connectivity index is 3.59. The van der Waals surface area contributed by atoms with E-state index in [1.54, 1.807) is 13.0 Å². The molecule has 0 aliphatic rings. The van der Waals surface area contributed by atoms with Crippen molar-refractivity contribution in [1.29, 1.82) is 0 Å². The topological polar surface area (TPSA) is 55.8 Å². The molecule has 0 bridgehead atoms. The van der Waals surface area contributed by atoms with Crippen LogP contribution in [-0.4, -0.2) is 31.1 Å². The number of hydrogen-bond acceptors (Lipinski definition) is 4. The molecule has 24 heavy (non-hydrogen) atoms. The van der Waals surface area contributed by atoms with Crippen molar-refractivity contribution in [3.63, 3.8) is 0 Å². The summed E-state index contributed by atoms with van der Waals surface area (Å²) < 4.78 is 9.90. The summed E-state index contributed by atoms with van der Waals surface area (Å²) in [5.74, 6) is -0.491. The monoisotopic (exact) mass is 342 g/mol. The van der Waals surface area contributed by atoms with Crippen molar-refractivity contribution in [2.45, 2.75) is 97.2 Å². The number of aliphatic hydroxyl groups is 1. The Labute approximate surface area is 148 Å². The lowest BCUT2D eigenvalue weighted by Crippen LogP contribution is -2.19. The number of rotatable bonds is 16. The van der Waals surface area contributed by atoms with Gasteiger partial charge in [0.05, 0.1) is 12.2 Å². The highest BCUT2D eigenvalue weighted by molar-refractivity contribution is 5.88. The number of carbonyl (C=O) groups excluding carboxylic acids is 1. The Kier molecular flexibility index (Phi) is 16.4. The predicted molar refractivity (Wildman–Crippen MR) is 98.8 cm³/mol. The summed E-state index contributed by atoms with van der Waals surface area (Å²) in [7, 11) is 1.48. The first-order valence-electron chi connectivity index (χ1n) is 9.69. The van der Waals surface area contributed by atoms with Crippen LogP contribution in [0.5, 0.6) is 0 Å². The van der Waals surface area contributed by atoms with Crippen molar-refractivity contribution < 1.29 is 19.4 Å². The lowest BCUT2D eigenvalue weighted by Gasteiger charge is -2.11. The summed E-state index contributed by atoms with van der Waals surface area (Å²) in [6.45, 7) is 3.62. The average molecular weight is 343 g/mol. The van der Waals surface area contributed by atoms with Gasteiger partial charge >= 0.3 is 5.97 Å². The summed E-state index contributed by atoms with van der Waals surface area (Å²) in [6.07, 6.45) is 16.3.